The second-order valence-corrected chi connectivity index (χ2v) is 11.7. The van der Waals surface area contributed by atoms with Crippen LogP contribution in [0.1, 0.15) is 42.7 Å². The molecule has 1 aromatic carbocycles. The lowest BCUT2D eigenvalue weighted by molar-refractivity contribution is -0.116. The lowest BCUT2D eigenvalue weighted by atomic mass is 9.97. The van der Waals surface area contributed by atoms with Gasteiger partial charge in [-0.25, -0.2) is 8.42 Å². The summed E-state index contributed by atoms with van der Waals surface area (Å²) in [4.78, 5) is 16.3. The monoisotopic (exact) mass is 473 g/mol. The average molecular weight is 474 g/mol. The molecule has 172 valence electrons. The second kappa shape index (κ2) is 10.2. The van der Waals surface area contributed by atoms with Crippen molar-refractivity contribution in [3.63, 3.8) is 0 Å². The van der Waals surface area contributed by atoms with Gasteiger partial charge in [0.1, 0.15) is 0 Å². The summed E-state index contributed by atoms with van der Waals surface area (Å²) >= 11 is 1.74. The maximum absolute atomic E-state index is 12.5. The van der Waals surface area contributed by atoms with Crippen molar-refractivity contribution < 1.29 is 13.2 Å². The smallest absolute Gasteiger partial charge is 0.244 e. The zero-order valence-electron chi connectivity index (χ0n) is 18.4. The molecule has 0 bridgehead atoms. The van der Waals surface area contributed by atoms with Crippen molar-refractivity contribution in [2.75, 3.05) is 36.2 Å². The van der Waals surface area contributed by atoms with E-state index in [9.17, 15) is 13.2 Å². The third-order valence-corrected chi connectivity index (χ3v) is 9.15. The van der Waals surface area contributed by atoms with Gasteiger partial charge in [0.2, 0.25) is 15.9 Å². The number of benzene rings is 1. The molecule has 0 radical (unpaired) electrons. The molecule has 1 aromatic heterocycles. The van der Waals surface area contributed by atoms with Crippen molar-refractivity contribution in [3.8, 4) is 0 Å². The number of rotatable bonds is 7. The summed E-state index contributed by atoms with van der Waals surface area (Å²) in [5.74, 6) is 0.852. The van der Waals surface area contributed by atoms with E-state index in [1.54, 1.807) is 35.6 Å². The van der Waals surface area contributed by atoms with Gasteiger partial charge in [-0.15, -0.1) is 11.3 Å². The predicted octanol–water partition coefficient (Wildman–Crippen LogP) is 3.89. The van der Waals surface area contributed by atoms with E-state index in [1.165, 1.54) is 22.0 Å². The molecule has 2 fully saturated rings. The van der Waals surface area contributed by atoms with Gasteiger partial charge >= 0.3 is 0 Å². The van der Waals surface area contributed by atoms with Crippen molar-refractivity contribution in [1.82, 2.24) is 10.2 Å². The Morgan fingerprint density at radius 1 is 1.19 bits per heavy atom. The first-order chi connectivity index (χ1) is 15.4. The zero-order valence-corrected chi connectivity index (χ0v) is 20.1. The van der Waals surface area contributed by atoms with Crippen LogP contribution in [0.4, 0.5) is 5.69 Å². The van der Waals surface area contributed by atoms with Crippen LogP contribution < -0.4 is 9.62 Å². The Bertz CT molecular complexity index is 1020. The SMILES string of the molecule is CC1CCN(C(CNC(=O)/C=C/c2ccc(N3CCCS3(=O)=O)cc2)c2cccs2)CC1. The van der Waals surface area contributed by atoms with Crippen LogP contribution in [-0.2, 0) is 14.8 Å². The maximum atomic E-state index is 12.5. The van der Waals surface area contributed by atoms with Crippen molar-refractivity contribution in [2.24, 2.45) is 5.92 Å². The van der Waals surface area contributed by atoms with Crippen molar-refractivity contribution >= 4 is 39.0 Å². The molecule has 32 heavy (non-hydrogen) atoms. The normalized spacial score (nSPS) is 20.6. The Morgan fingerprint density at radius 2 is 1.94 bits per heavy atom. The lowest BCUT2D eigenvalue weighted by Gasteiger charge is -2.36. The highest BCUT2D eigenvalue weighted by atomic mass is 32.2. The molecule has 2 aliphatic rings. The molecule has 1 N–H and O–H groups in total. The molecule has 6 nitrogen and oxygen atoms in total. The summed E-state index contributed by atoms with van der Waals surface area (Å²) in [5, 5.41) is 5.16. The van der Waals surface area contributed by atoms with Gasteiger partial charge in [0.15, 0.2) is 0 Å². The molecule has 1 atom stereocenters. The first-order valence-electron chi connectivity index (χ1n) is 11.3. The van der Waals surface area contributed by atoms with Gasteiger partial charge in [-0.1, -0.05) is 25.1 Å². The quantitative estimate of drug-likeness (QED) is 0.620. The number of hydrogen-bond donors (Lipinski definition) is 1. The highest BCUT2D eigenvalue weighted by molar-refractivity contribution is 7.93. The fourth-order valence-electron chi connectivity index (χ4n) is 4.34. The number of anilines is 1. The molecule has 1 amide bonds. The Morgan fingerprint density at radius 3 is 2.56 bits per heavy atom. The van der Waals surface area contributed by atoms with Crippen LogP contribution >= 0.6 is 11.3 Å². The van der Waals surface area contributed by atoms with E-state index in [0.29, 0.717) is 25.2 Å². The number of amides is 1. The minimum Gasteiger partial charge on any atom is -0.351 e. The van der Waals surface area contributed by atoms with Gasteiger partial charge in [-0.05, 0) is 73.5 Å². The van der Waals surface area contributed by atoms with Gasteiger partial charge in [-0.2, -0.15) is 0 Å². The number of sulfonamides is 1. The number of likely N-dealkylation sites (tertiary alicyclic amines) is 1. The van der Waals surface area contributed by atoms with E-state index in [0.717, 1.165) is 24.6 Å². The Balaban J connectivity index is 1.34. The van der Waals surface area contributed by atoms with Crippen LogP contribution in [-0.4, -0.2) is 51.2 Å². The van der Waals surface area contributed by atoms with Crippen LogP contribution in [0, 0.1) is 5.92 Å². The van der Waals surface area contributed by atoms with Gasteiger partial charge in [0.25, 0.3) is 0 Å². The van der Waals surface area contributed by atoms with E-state index in [2.05, 4.69) is 34.7 Å². The molecule has 3 heterocycles. The Hall–Kier alpha value is -2.16. The Kier molecular flexibility index (Phi) is 7.33. The predicted molar refractivity (Wildman–Crippen MR) is 131 cm³/mol. The molecule has 4 rings (SSSR count). The largest absolute Gasteiger partial charge is 0.351 e. The summed E-state index contributed by atoms with van der Waals surface area (Å²) in [5.41, 5.74) is 1.54. The van der Waals surface area contributed by atoms with Gasteiger partial charge < -0.3 is 5.32 Å². The lowest BCUT2D eigenvalue weighted by Crippen LogP contribution is -2.41. The van der Waals surface area contributed by atoms with Crippen molar-refractivity contribution in [3.05, 3.63) is 58.3 Å². The van der Waals surface area contributed by atoms with E-state index in [4.69, 9.17) is 0 Å². The molecule has 0 saturated carbocycles. The second-order valence-electron chi connectivity index (χ2n) is 8.66. The number of piperidine rings is 1. The molecule has 1 unspecified atom stereocenters. The number of thiophene rings is 1. The number of nitrogens with one attached hydrogen (secondary N) is 1. The standard InChI is InChI=1S/C24H31N3O3S2/c1-19-11-14-26(15-12-19)22(23-4-2-16-31-23)18-25-24(28)10-7-20-5-8-21(9-6-20)27-13-3-17-32(27,29)30/h2,4-10,16,19,22H,3,11-15,17-18H2,1H3,(H,25,28)/b10-7+. The van der Waals surface area contributed by atoms with Crippen LogP contribution in [0.25, 0.3) is 6.08 Å². The minimum atomic E-state index is -3.18. The van der Waals surface area contributed by atoms with Gasteiger partial charge in [0, 0.05) is 24.0 Å². The van der Waals surface area contributed by atoms with Gasteiger partial charge in [0.05, 0.1) is 17.5 Å². The summed E-state index contributed by atoms with van der Waals surface area (Å²) in [7, 11) is -3.18. The highest BCUT2D eigenvalue weighted by Crippen LogP contribution is 2.29. The number of carbonyl (C=O) groups is 1. The van der Waals surface area contributed by atoms with Gasteiger partial charge in [-0.3, -0.25) is 14.0 Å². The third-order valence-electron chi connectivity index (χ3n) is 6.31. The zero-order chi connectivity index (χ0) is 22.6. The fraction of sp³-hybridized carbons (Fsp3) is 0.458. The van der Waals surface area contributed by atoms with Crippen molar-refractivity contribution in [2.45, 2.75) is 32.2 Å². The summed E-state index contributed by atoms with van der Waals surface area (Å²) in [6, 6.07) is 11.7. The van der Waals surface area contributed by atoms with Crippen LogP contribution in [0.5, 0.6) is 0 Å². The number of nitrogens with zero attached hydrogens (tertiary/aromatic N) is 2. The molecule has 2 aliphatic heterocycles. The first-order valence-corrected chi connectivity index (χ1v) is 13.7. The average Bonchev–Trinajstić information content (AvgIpc) is 3.43. The van der Waals surface area contributed by atoms with Crippen LogP contribution in [0.3, 0.4) is 0 Å². The van der Waals surface area contributed by atoms with E-state index < -0.39 is 10.0 Å². The number of hydrogen-bond acceptors (Lipinski definition) is 5. The van der Waals surface area contributed by atoms with E-state index in [-0.39, 0.29) is 17.7 Å². The summed E-state index contributed by atoms with van der Waals surface area (Å²) in [6.45, 7) is 5.55. The highest BCUT2D eigenvalue weighted by Gasteiger charge is 2.28. The maximum Gasteiger partial charge on any atom is 0.244 e. The summed E-state index contributed by atoms with van der Waals surface area (Å²) < 4.78 is 25.6. The summed E-state index contributed by atoms with van der Waals surface area (Å²) in [6.07, 6.45) is 6.37. The minimum absolute atomic E-state index is 0.122. The first kappa shape index (κ1) is 23.0. The molecule has 2 aromatic rings. The number of carbonyl (C=O) groups excluding carboxylic acids is 1. The molecule has 2 saturated heterocycles. The molecular weight excluding hydrogens is 442 g/mol. The third kappa shape index (κ3) is 5.60. The van der Waals surface area contributed by atoms with Crippen molar-refractivity contribution in [1.29, 1.82) is 0 Å². The van der Waals surface area contributed by atoms with E-state index >= 15 is 0 Å². The van der Waals surface area contributed by atoms with E-state index in [1.807, 2.05) is 12.1 Å². The Labute approximate surface area is 195 Å². The van der Waals surface area contributed by atoms with Crippen LogP contribution in [0.15, 0.2) is 47.9 Å². The molecule has 0 spiro atoms. The molecule has 8 heteroatoms. The topological polar surface area (TPSA) is 69.7 Å². The molecule has 0 aliphatic carbocycles. The molecular formula is C24H31N3O3S2. The fourth-order valence-corrected chi connectivity index (χ4v) is 6.77. The van der Waals surface area contributed by atoms with Crippen LogP contribution in [0.2, 0.25) is 0 Å².